The molecular weight excluding hydrogens is 786 g/mol. The van der Waals surface area contributed by atoms with Gasteiger partial charge in [0.1, 0.15) is 42.6 Å². The molecule has 7 N–H and O–H groups in total. The van der Waals surface area contributed by atoms with Gasteiger partial charge in [-0.15, -0.1) is 0 Å². The number of nitrogens with one attached hydrogen (secondary N) is 3. The maximum absolute atomic E-state index is 14.7. The summed E-state index contributed by atoms with van der Waals surface area (Å²) in [6, 6.07) is 8.38. The highest BCUT2D eigenvalue weighted by Gasteiger charge is 2.80. The summed E-state index contributed by atoms with van der Waals surface area (Å²) in [6.07, 6.45) is 12.1. The molecule has 2 saturated carbocycles. The SMILES string of the molecule is CC(C)C[C@H](NC(=O)[C@H](Cc1ccccc1)NC(=O)c1cnccn1)S12OCC3(CCCC3)[N+]1(CCCC(=O)NC(P(=O)(O)O)P(=O)(O)O)C1(CCCC1)CO2. The molecule has 6 rings (SSSR count). The van der Waals surface area contributed by atoms with Crippen molar-refractivity contribution in [3.8, 4) is 0 Å². The second-order valence-electron chi connectivity index (χ2n) is 16.0. The van der Waals surface area contributed by atoms with Crippen LogP contribution in [-0.2, 0) is 33.5 Å². The lowest BCUT2D eigenvalue weighted by atomic mass is 9.85. The number of nitrogens with zero attached hydrogens (tertiary/aromatic N) is 3. The first-order chi connectivity index (χ1) is 26.5. The van der Waals surface area contributed by atoms with Crippen LogP contribution in [0.4, 0.5) is 0 Å². The molecule has 3 amide bonds. The van der Waals surface area contributed by atoms with E-state index >= 15 is 0 Å². The Morgan fingerprint density at radius 1 is 0.875 bits per heavy atom. The number of benzene rings is 1. The molecule has 2 atom stereocenters. The fraction of sp³-hybridized carbons (Fsp3) is 0.639. The number of amides is 3. The van der Waals surface area contributed by atoms with Gasteiger partial charge >= 0.3 is 15.2 Å². The lowest BCUT2D eigenvalue weighted by Gasteiger charge is -2.60. The van der Waals surface area contributed by atoms with E-state index in [4.69, 9.17) is 8.37 Å². The van der Waals surface area contributed by atoms with Crippen LogP contribution in [0.5, 0.6) is 0 Å². The van der Waals surface area contributed by atoms with Gasteiger partial charge in [0.25, 0.3) is 5.91 Å². The second kappa shape index (κ2) is 16.8. The molecule has 4 fully saturated rings. The lowest BCUT2D eigenvalue weighted by Crippen LogP contribution is -2.71. The van der Waals surface area contributed by atoms with Gasteiger partial charge in [0.15, 0.2) is 5.37 Å². The fourth-order valence-electron chi connectivity index (χ4n) is 9.61. The quantitative estimate of drug-likeness (QED) is 0.0938. The molecule has 17 nitrogen and oxygen atoms in total. The Morgan fingerprint density at radius 2 is 1.46 bits per heavy atom. The van der Waals surface area contributed by atoms with Crippen LogP contribution in [0.1, 0.15) is 101 Å². The summed E-state index contributed by atoms with van der Waals surface area (Å²) in [7, 11) is -13.5. The van der Waals surface area contributed by atoms with Crippen LogP contribution in [0.3, 0.4) is 0 Å². The van der Waals surface area contributed by atoms with Crippen LogP contribution in [-0.4, -0.2) is 98.9 Å². The summed E-state index contributed by atoms with van der Waals surface area (Å²) >= 11 is 0. The van der Waals surface area contributed by atoms with Crippen molar-refractivity contribution in [2.75, 3.05) is 19.8 Å². The molecule has 4 aliphatic rings. The summed E-state index contributed by atoms with van der Waals surface area (Å²) in [4.78, 5) is 88.0. The van der Waals surface area contributed by atoms with Crippen molar-refractivity contribution in [1.82, 2.24) is 25.9 Å². The monoisotopic (exact) mass is 841 g/mol. The highest BCUT2D eigenvalue weighted by atomic mass is 32.3. The molecule has 20 heteroatoms. The number of hydrogen-bond acceptors (Lipinski definition) is 9. The Balaban J connectivity index is 1.36. The molecule has 0 unspecified atom stereocenters. The molecular formula is C36H55N6O11P2S+. The van der Waals surface area contributed by atoms with Gasteiger partial charge in [-0.3, -0.25) is 28.5 Å². The number of quaternary nitrogens is 1. The predicted molar refractivity (Wildman–Crippen MR) is 207 cm³/mol. The van der Waals surface area contributed by atoms with Crippen LogP contribution in [0, 0.1) is 5.92 Å². The first-order valence-corrected chi connectivity index (χ1v) is 24.1. The zero-order valence-corrected chi connectivity index (χ0v) is 34.4. The lowest BCUT2D eigenvalue weighted by molar-refractivity contribution is -0.897. The van der Waals surface area contributed by atoms with Crippen molar-refractivity contribution in [2.45, 2.75) is 119 Å². The molecule has 2 aromatic rings. The van der Waals surface area contributed by atoms with Crippen molar-refractivity contribution in [1.29, 1.82) is 0 Å². The van der Waals surface area contributed by atoms with E-state index < -0.39 is 60.6 Å². The van der Waals surface area contributed by atoms with E-state index in [9.17, 15) is 43.1 Å². The molecule has 310 valence electrons. The number of carbonyl (C=O) groups excluding carboxylic acids is 3. The first kappa shape index (κ1) is 42.8. The Morgan fingerprint density at radius 3 is 1.98 bits per heavy atom. The summed E-state index contributed by atoms with van der Waals surface area (Å²) < 4.78 is 38.6. The van der Waals surface area contributed by atoms with E-state index in [1.807, 2.05) is 35.6 Å². The molecule has 56 heavy (non-hydrogen) atoms. The van der Waals surface area contributed by atoms with Gasteiger partial charge in [-0.1, -0.05) is 44.2 Å². The topological polar surface area (TPSA) is 247 Å². The Hall–Kier alpha value is -2.76. The second-order valence-corrected chi connectivity index (χ2v) is 22.5. The molecule has 2 aliphatic carbocycles. The van der Waals surface area contributed by atoms with Crippen LogP contribution in [0.2, 0.25) is 0 Å². The minimum atomic E-state index is -5.38. The van der Waals surface area contributed by atoms with Crippen molar-refractivity contribution >= 4 is 43.7 Å². The van der Waals surface area contributed by atoms with E-state index in [-0.39, 0.29) is 42.0 Å². The van der Waals surface area contributed by atoms with Crippen LogP contribution in [0.15, 0.2) is 48.9 Å². The van der Waals surface area contributed by atoms with Gasteiger partial charge in [-0.2, -0.15) is 3.89 Å². The number of carbonyl (C=O) groups is 3. The normalized spacial score (nSPS) is 26.2. The van der Waals surface area contributed by atoms with Gasteiger partial charge < -0.3 is 35.5 Å². The fourth-order valence-corrected chi connectivity index (χ4v) is 16.6. The zero-order valence-electron chi connectivity index (χ0n) is 31.8. The van der Waals surface area contributed by atoms with Gasteiger partial charge in [0.05, 0.1) is 6.20 Å². The molecule has 3 heterocycles. The number of fused-ring (bicyclic) bond motifs is 3. The van der Waals surface area contributed by atoms with Crippen molar-refractivity contribution in [3.63, 3.8) is 0 Å². The van der Waals surface area contributed by atoms with Crippen LogP contribution < -0.4 is 16.0 Å². The molecule has 2 aliphatic heterocycles. The van der Waals surface area contributed by atoms with Crippen LogP contribution in [0.25, 0.3) is 0 Å². The summed E-state index contributed by atoms with van der Waals surface area (Å²) in [5.74, 6) is -1.77. The number of aromatic nitrogens is 2. The van der Waals surface area contributed by atoms with Crippen molar-refractivity contribution in [2.24, 2.45) is 5.92 Å². The average Bonchev–Trinajstić information content (AvgIpc) is 3.93. The van der Waals surface area contributed by atoms with Crippen molar-refractivity contribution in [3.05, 3.63) is 60.2 Å². The summed E-state index contributed by atoms with van der Waals surface area (Å²) in [5.41, 5.74) is -2.49. The van der Waals surface area contributed by atoms with Crippen molar-refractivity contribution < 1.29 is 55.3 Å². The summed E-state index contributed by atoms with van der Waals surface area (Å²) in [5, 5.41) is 7.54. The highest BCUT2D eigenvalue weighted by Crippen LogP contribution is 2.81. The largest absolute Gasteiger partial charge is 0.360 e. The maximum atomic E-state index is 14.7. The summed E-state index contributed by atoms with van der Waals surface area (Å²) in [6.45, 7) is 5.31. The van der Waals surface area contributed by atoms with E-state index in [1.54, 1.807) is 0 Å². The maximum Gasteiger partial charge on any atom is 0.360 e. The molecule has 0 radical (unpaired) electrons. The highest BCUT2D eigenvalue weighted by molar-refractivity contribution is 8.21. The third kappa shape index (κ3) is 8.25. The van der Waals surface area contributed by atoms with E-state index in [2.05, 4.69) is 34.4 Å². The van der Waals surface area contributed by atoms with E-state index in [1.165, 1.54) is 18.6 Å². The third-order valence-electron chi connectivity index (χ3n) is 11.9. The van der Waals surface area contributed by atoms with Gasteiger partial charge in [0.2, 0.25) is 17.3 Å². The third-order valence-corrected chi connectivity index (χ3v) is 19.0. The van der Waals surface area contributed by atoms with Crippen LogP contribution >= 0.6 is 26.0 Å². The van der Waals surface area contributed by atoms with E-state index in [0.29, 0.717) is 30.1 Å². The number of rotatable bonds is 16. The predicted octanol–water partition coefficient (Wildman–Crippen LogP) is 3.89. The smallest absolute Gasteiger partial charge is 0.339 e. The van der Waals surface area contributed by atoms with Gasteiger partial charge in [-0.25, -0.2) is 13.4 Å². The minimum absolute atomic E-state index is 0.0681. The zero-order chi connectivity index (χ0) is 40.4. The molecule has 1 aromatic carbocycles. The van der Waals surface area contributed by atoms with E-state index in [0.717, 1.165) is 56.9 Å². The molecule has 2 saturated heterocycles. The number of hydrogen-bond donors (Lipinski definition) is 7. The Kier molecular flexibility index (Phi) is 12.9. The molecule has 2 spiro atoms. The Labute approximate surface area is 328 Å². The first-order valence-electron chi connectivity index (χ1n) is 19.3. The minimum Gasteiger partial charge on any atom is -0.339 e. The molecule has 0 bridgehead atoms. The standard InChI is InChI=1S/C36H54N6O11P2S/c1-26(2)21-31(41-32(44)28(22-27-11-4-3-5-12-27)39-33(45)29-23-37-18-19-38-29)56-42(35(24-52-56)14-6-7-15-35,36(25-53-56)16-8-9-17-36)20-10-13-30(43)40-34(54(46,47)48)55(49,50)51/h3-5,11-12,18-19,23,26,28,31,34H,6-10,13-17,20-22,24-25H2,1-2H3,(H6-,39,40,41,43,44,45,46,47,48,49,50,51)/p+1/t28-,31+/m0/s1. The van der Waals surface area contributed by atoms with Gasteiger partial charge in [0, 0.05) is 57.3 Å². The molecule has 1 aromatic heterocycles. The Bertz CT molecular complexity index is 1770. The van der Waals surface area contributed by atoms with Gasteiger partial charge in [-0.05, 0) is 54.4 Å². The average molecular weight is 842 g/mol.